The summed E-state index contributed by atoms with van der Waals surface area (Å²) in [4.78, 5) is 23.8. The second-order valence-corrected chi connectivity index (χ2v) is 14.0. The van der Waals surface area contributed by atoms with Crippen molar-refractivity contribution in [3.63, 3.8) is 0 Å². The van der Waals surface area contributed by atoms with Crippen LogP contribution in [-0.4, -0.2) is 36.4 Å². The van der Waals surface area contributed by atoms with Crippen LogP contribution in [0.4, 0.5) is 0 Å². The van der Waals surface area contributed by atoms with Gasteiger partial charge in [-0.15, -0.1) is 0 Å². The number of hydrogen-bond acceptors (Lipinski definition) is 5. The Kier molecular flexibility index (Phi) is 31.5. The van der Waals surface area contributed by atoms with Crippen LogP contribution < -0.4 is 0 Å². The summed E-state index contributed by atoms with van der Waals surface area (Å²) in [7, 11) is 0. The first-order valence-electron chi connectivity index (χ1n) is 18.8. The van der Waals surface area contributed by atoms with E-state index in [1.807, 2.05) is 0 Å². The molecular formula is C38H74O5. The molecule has 0 aromatic rings. The summed E-state index contributed by atoms with van der Waals surface area (Å²) in [6.45, 7) is 8.98. The minimum atomic E-state index is -0.955. The van der Waals surface area contributed by atoms with E-state index in [1.165, 1.54) is 128 Å². The van der Waals surface area contributed by atoms with Crippen molar-refractivity contribution in [3.8, 4) is 0 Å². The summed E-state index contributed by atoms with van der Waals surface area (Å²) in [6.07, 6.45) is 31.6. The number of unbranched alkanes of at least 4 members (excludes halogenated alkanes) is 21. The zero-order valence-electron chi connectivity index (χ0n) is 29.3. The van der Waals surface area contributed by atoms with Crippen molar-refractivity contribution < 1.29 is 24.2 Å². The lowest BCUT2D eigenvalue weighted by Crippen LogP contribution is -2.25. The molecule has 0 aliphatic rings. The second kappa shape index (κ2) is 32.3. The van der Waals surface area contributed by atoms with Crippen LogP contribution in [-0.2, 0) is 19.1 Å². The predicted octanol–water partition coefficient (Wildman–Crippen LogP) is 11.3. The fourth-order valence-corrected chi connectivity index (χ4v) is 5.57. The molecule has 0 amide bonds. The van der Waals surface area contributed by atoms with Gasteiger partial charge in [0.25, 0.3) is 0 Å². The van der Waals surface area contributed by atoms with Crippen LogP contribution in [0.15, 0.2) is 0 Å². The van der Waals surface area contributed by atoms with E-state index < -0.39 is 6.10 Å². The normalized spacial score (nSPS) is 12.3. The van der Waals surface area contributed by atoms with Gasteiger partial charge in [0.05, 0.1) is 0 Å². The van der Waals surface area contributed by atoms with Crippen LogP contribution in [0.25, 0.3) is 0 Å². The highest BCUT2D eigenvalue weighted by Crippen LogP contribution is 2.16. The topological polar surface area (TPSA) is 72.8 Å². The Labute approximate surface area is 268 Å². The molecule has 1 N–H and O–H groups in total. The van der Waals surface area contributed by atoms with Gasteiger partial charge in [0.1, 0.15) is 19.3 Å². The van der Waals surface area contributed by atoms with Gasteiger partial charge in [-0.3, -0.25) is 9.59 Å². The van der Waals surface area contributed by atoms with Crippen LogP contribution in [0.5, 0.6) is 0 Å². The molecule has 5 heteroatoms. The van der Waals surface area contributed by atoms with Gasteiger partial charge >= 0.3 is 11.9 Å². The first-order valence-corrected chi connectivity index (χ1v) is 18.8. The fourth-order valence-electron chi connectivity index (χ4n) is 5.57. The lowest BCUT2D eigenvalue weighted by molar-refractivity contribution is -0.152. The molecule has 0 aliphatic heterocycles. The summed E-state index contributed by atoms with van der Waals surface area (Å²) in [5.41, 5.74) is 0. The molecule has 5 nitrogen and oxygen atoms in total. The Bertz CT molecular complexity index is 603. The van der Waals surface area contributed by atoms with Crippen LogP contribution in [0.3, 0.4) is 0 Å². The van der Waals surface area contributed by atoms with Crippen molar-refractivity contribution >= 4 is 11.9 Å². The molecule has 0 unspecified atom stereocenters. The van der Waals surface area contributed by atoms with Gasteiger partial charge in [-0.25, -0.2) is 0 Å². The third-order valence-electron chi connectivity index (χ3n) is 8.45. The summed E-state index contributed by atoms with van der Waals surface area (Å²) >= 11 is 0. The zero-order valence-corrected chi connectivity index (χ0v) is 29.3. The van der Waals surface area contributed by atoms with Gasteiger partial charge in [-0.1, -0.05) is 175 Å². The molecule has 0 spiro atoms. The number of esters is 2. The largest absolute Gasteiger partial charge is 0.463 e. The SMILES string of the molecule is CC(C)CCCCCCCCCCCCCCCCCC(=O)OC[C@@H](O)COC(=O)CCCCCCCCCCC(C)C. The Morgan fingerprint density at radius 1 is 0.419 bits per heavy atom. The lowest BCUT2D eigenvalue weighted by atomic mass is 10.0. The van der Waals surface area contributed by atoms with E-state index in [2.05, 4.69) is 27.7 Å². The Morgan fingerprint density at radius 3 is 0.907 bits per heavy atom. The summed E-state index contributed by atoms with van der Waals surface area (Å²) in [6, 6.07) is 0. The van der Waals surface area contributed by atoms with Gasteiger partial charge in [-0.05, 0) is 24.7 Å². The highest BCUT2D eigenvalue weighted by Gasteiger charge is 2.12. The molecule has 0 fully saturated rings. The average molecular weight is 611 g/mol. The maximum absolute atomic E-state index is 11.9. The molecule has 0 aromatic carbocycles. The van der Waals surface area contributed by atoms with Gasteiger partial charge in [0.15, 0.2) is 0 Å². The molecule has 0 saturated heterocycles. The van der Waals surface area contributed by atoms with Crippen molar-refractivity contribution in [3.05, 3.63) is 0 Å². The third kappa shape index (κ3) is 35.3. The summed E-state index contributed by atoms with van der Waals surface area (Å²) in [5, 5.41) is 9.98. The average Bonchev–Trinajstić information content (AvgIpc) is 2.97. The molecule has 256 valence electrons. The van der Waals surface area contributed by atoms with E-state index in [9.17, 15) is 14.7 Å². The van der Waals surface area contributed by atoms with Crippen molar-refractivity contribution in [2.24, 2.45) is 11.8 Å². The van der Waals surface area contributed by atoms with E-state index in [0.717, 1.165) is 43.9 Å². The van der Waals surface area contributed by atoms with E-state index in [0.29, 0.717) is 12.8 Å². The van der Waals surface area contributed by atoms with Crippen LogP contribution in [0.1, 0.15) is 201 Å². The highest BCUT2D eigenvalue weighted by molar-refractivity contribution is 5.69. The molecule has 1 atom stereocenters. The smallest absolute Gasteiger partial charge is 0.305 e. The van der Waals surface area contributed by atoms with Crippen LogP contribution in [0.2, 0.25) is 0 Å². The van der Waals surface area contributed by atoms with Crippen molar-refractivity contribution in [2.75, 3.05) is 13.2 Å². The maximum Gasteiger partial charge on any atom is 0.305 e. The van der Waals surface area contributed by atoms with Crippen molar-refractivity contribution in [1.29, 1.82) is 0 Å². The predicted molar refractivity (Wildman–Crippen MR) is 182 cm³/mol. The van der Waals surface area contributed by atoms with Gasteiger partial charge in [-0.2, -0.15) is 0 Å². The van der Waals surface area contributed by atoms with E-state index >= 15 is 0 Å². The Balaban J connectivity index is 3.38. The first-order chi connectivity index (χ1) is 20.8. The van der Waals surface area contributed by atoms with Gasteiger partial charge in [0, 0.05) is 12.8 Å². The third-order valence-corrected chi connectivity index (χ3v) is 8.45. The Morgan fingerprint density at radius 2 is 0.651 bits per heavy atom. The molecule has 0 rings (SSSR count). The molecule has 0 radical (unpaired) electrons. The Hall–Kier alpha value is -1.10. The minimum absolute atomic E-state index is 0.110. The molecule has 0 aromatic heterocycles. The maximum atomic E-state index is 11.9. The minimum Gasteiger partial charge on any atom is -0.463 e. The molecule has 0 heterocycles. The van der Waals surface area contributed by atoms with Crippen LogP contribution in [0, 0.1) is 11.8 Å². The zero-order chi connectivity index (χ0) is 31.8. The number of aliphatic hydroxyl groups is 1. The molecule has 0 aliphatic carbocycles. The van der Waals surface area contributed by atoms with E-state index in [1.54, 1.807) is 0 Å². The number of rotatable bonds is 33. The standard InChI is InChI=1S/C38H74O5/c1-34(2)28-24-20-16-12-10-8-6-5-7-9-11-13-18-22-26-30-37(40)42-32-36(39)33-43-38(41)31-27-23-19-15-14-17-21-25-29-35(3)4/h34-36,39H,5-33H2,1-4H3/t36-/m1/s1. The van der Waals surface area contributed by atoms with Crippen LogP contribution >= 0.6 is 0 Å². The number of aliphatic hydroxyl groups excluding tert-OH is 1. The van der Waals surface area contributed by atoms with Crippen molar-refractivity contribution in [1.82, 2.24) is 0 Å². The summed E-state index contributed by atoms with van der Waals surface area (Å²) in [5.74, 6) is 1.11. The number of carbonyl (C=O) groups is 2. The highest BCUT2D eigenvalue weighted by atomic mass is 16.6. The first kappa shape index (κ1) is 41.9. The number of hydrogen-bond donors (Lipinski definition) is 1. The van der Waals surface area contributed by atoms with Gasteiger partial charge < -0.3 is 14.6 Å². The van der Waals surface area contributed by atoms with E-state index in [-0.39, 0.29) is 25.2 Å². The van der Waals surface area contributed by atoms with E-state index in [4.69, 9.17) is 9.47 Å². The second-order valence-electron chi connectivity index (χ2n) is 14.0. The monoisotopic (exact) mass is 611 g/mol. The lowest BCUT2D eigenvalue weighted by Gasteiger charge is -2.12. The number of ether oxygens (including phenoxy) is 2. The number of carbonyl (C=O) groups excluding carboxylic acids is 2. The molecular weight excluding hydrogens is 536 g/mol. The quantitative estimate of drug-likeness (QED) is 0.0591. The summed E-state index contributed by atoms with van der Waals surface area (Å²) < 4.78 is 10.3. The molecule has 43 heavy (non-hydrogen) atoms. The fraction of sp³-hybridized carbons (Fsp3) is 0.947. The van der Waals surface area contributed by atoms with Crippen molar-refractivity contribution in [2.45, 2.75) is 207 Å². The van der Waals surface area contributed by atoms with Gasteiger partial charge in [0.2, 0.25) is 0 Å². The molecule has 0 bridgehead atoms. The molecule has 0 saturated carbocycles.